The number of nitrogens with one attached hydrogen (secondary N) is 1. The highest BCUT2D eigenvalue weighted by molar-refractivity contribution is 5.93. The first kappa shape index (κ1) is 9.74. The maximum atomic E-state index is 11.2. The molecular weight excluding hydrogens is 166 g/mol. The Morgan fingerprint density at radius 3 is 2.62 bits per heavy atom. The lowest BCUT2D eigenvalue weighted by Crippen LogP contribution is -2.26. The summed E-state index contributed by atoms with van der Waals surface area (Å²) in [7, 11) is 0. The van der Waals surface area contributed by atoms with E-state index in [0.717, 1.165) is 0 Å². The van der Waals surface area contributed by atoms with E-state index in [2.05, 4.69) is 5.32 Å². The van der Waals surface area contributed by atoms with Crippen LogP contribution in [-0.4, -0.2) is 17.1 Å². The zero-order valence-corrected chi connectivity index (χ0v) is 7.53. The average Bonchev–Trinajstić information content (AvgIpc) is 2.18. The van der Waals surface area contributed by atoms with Crippen LogP contribution in [0.2, 0.25) is 0 Å². The van der Waals surface area contributed by atoms with Crippen molar-refractivity contribution in [2.24, 2.45) is 0 Å². The largest absolute Gasteiger partial charge is 0.383 e. The smallest absolute Gasteiger partial charge is 0.253 e. The van der Waals surface area contributed by atoms with E-state index in [-0.39, 0.29) is 5.91 Å². The van der Waals surface area contributed by atoms with Gasteiger partial charge in [0.05, 0.1) is 0 Å². The number of aliphatic hydroxyl groups is 1. The highest BCUT2D eigenvalue weighted by Gasteiger charge is 2.11. The molecule has 0 aliphatic rings. The normalized spacial score (nSPS) is 12.2. The zero-order chi connectivity index (χ0) is 9.68. The van der Waals surface area contributed by atoms with Gasteiger partial charge in [0.1, 0.15) is 6.10 Å². The summed E-state index contributed by atoms with van der Waals surface area (Å²) in [5.41, 5.74) is 0.708. The molecular formula is C10H13NO2. The fourth-order valence-corrected chi connectivity index (χ4v) is 0.932. The minimum absolute atomic E-state index is 0.353. The summed E-state index contributed by atoms with van der Waals surface area (Å²) in [5.74, 6) is -0.353. The second kappa shape index (κ2) is 4.62. The van der Waals surface area contributed by atoms with Crippen LogP contribution < -0.4 is 5.32 Å². The van der Waals surface area contributed by atoms with Crippen molar-refractivity contribution in [3.63, 3.8) is 0 Å². The van der Waals surface area contributed by atoms with Crippen LogP contribution in [0.5, 0.6) is 0 Å². The first-order chi connectivity index (χ1) is 6.24. The number of hydrogen-bond donors (Lipinski definition) is 2. The van der Waals surface area contributed by atoms with Gasteiger partial charge >= 0.3 is 0 Å². The van der Waals surface area contributed by atoms with E-state index in [9.17, 15) is 9.90 Å². The Bertz CT molecular complexity index is 272. The topological polar surface area (TPSA) is 49.3 Å². The molecule has 3 nitrogen and oxygen atoms in total. The molecule has 0 heterocycles. The second-order valence-electron chi connectivity index (χ2n) is 2.78. The van der Waals surface area contributed by atoms with Gasteiger partial charge in [-0.05, 0) is 18.6 Å². The fourth-order valence-electron chi connectivity index (χ4n) is 0.932. The van der Waals surface area contributed by atoms with Crippen LogP contribution in [-0.2, 0) is 4.79 Å². The number of benzene rings is 1. The Balaban J connectivity index is 2.55. The summed E-state index contributed by atoms with van der Waals surface area (Å²) in [6.45, 7) is 1.76. The van der Waals surface area contributed by atoms with Gasteiger partial charge in [-0.2, -0.15) is 0 Å². The van der Waals surface area contributed by atoms with Crippen LogP contribution in [0, 0.1) is 0 Å². The molecule has 1 atom stereocenters. The molecule has 0 unspecified atom stereocenters. The summed E-state index contributed by atoms with van der Waals surface area (Å²) in [6, 6.07) is 9.08. The van der Waals surface area contributed by atoms with Gasteiger partial charge < -0.3 is 10.4 Å². The zero-order valence-electron chi connectivity index (χ0n) is 7.53. The lowest BCUT2D eigenvalue weighted by Gasteiger charge is -2.08. The molecule has 0 aromatic heterocycles. The Morgan fingerprint density at radius 1 is 1.46 bits per heavy atom. The number of amides is 1. The van der Waals surface area contributed by atoms with Crippen LogP contribution in [0.1, 0.15) is 13.3 Å². The minimum Gasteiger partial charge on any atom is -0.383 e. The fraction of sp³-hybridized carbons (Fsp3) is 0.300. The Morgan fingerprint density at radius 2 is 2.08 bits per heavy atom. The van der Waals surface area contributed by atoms with Crippen LogP contribution in [0.15, 0.2) is 30.3 Å². The van der Waals surface area contributed by atoms with Crippen LogP contribution in [0.3, 0.4) is 0 Å². The van der Waals surface area contributed by atoms with Crippen molar-refractivity contribution < 1.29 is 9.90 Å². The lowest BCUT2D eigenvalue weighted by atomic mass is 10.2. The number of rotatable bonds is 3. The Kier molecular flexibility index (Phi) is 3.46. The number of hydrogen-bond acceptors (Lipinski definition) is 2. The molecule has 0 saturated carbocycles. The number of aliphatic hydroxyl groups excluding tert-OH is 1. The molecule has 0 aliphatic heterocycles. The van der Waals surface area contributed by atoms with Crippen LogP contribution in [0.4, 0.5) is 5.69 Å². The average molecular weight is 179 g/mol. The molecule has 0 saturated heterocycles. The van der Waals surface area contributed by atoms with E-state index in [1.165, 1.54) is 0 Å². The molecule has 0 bridgehead atoms. The third-order valence-electron chi connectivity index (χ3n) is 1.73. The first-order valence-electron chi connectivity index (χ1n) is 4.28. The van der Waals surface area contributed by atoms with Gasteiger partial charge in [0.25, 0.3) is 5.91 Å². The molecule has 3 heteroatoms. The second-order valence-corrected chi connectivity index (χ2v) is 2.78. The monoisotopic (exact) mass is 179 g/mol. The maximum absolute atomic E-state index is 11.2. The Hall–Kier alpha value is -1.35. The van der Waals surface area contributed by atoms with Crippen molar-refractivity contribution >= 4 is 11.6 Å². The third-order valence-corrected chi connectivity index (χ3v) is 1.73. The van der Waals surface area contributed by atoms with Gasteiger partial charge in [0.15, 0.2) is 0 Å². The molecule has 1 rings (SSSR count). The van der Waals surface area contributed by atoms with Crippen molar-refractivity contribution in [3.05, 3.63) is 30.3 Å². The van der Waals surface area contributed by atoms with Gasteiger partial charge in [0, 0.05) is 5.69 Å². The molecule has 0 fully saturated rings. The van der Waals surface area contributed by atoms with Crippen molar-refractivity contribution in [2.75, 3.05) is 5.32 Å². The van der Waals surface area contributed by atoms with Crippen molar-refractivity contribution in [3.8, 4) is 0 Å². The highest BCUT2D eigenvalue weighted by Crippen LogP contribution is 2.05. The van der Waals surface area contributed by atoms with E-state index in [1.807, 2.05) is 18.2 Å². The minimum atomic E-state index is -0.916. The van der Waals surface area contributed by atoms with E-state index in [1.54, 1.807) is 19.1 Å². The quantitative estimate of drug-likeness (QED) is 0.736. The van der Waals surface area contributed by atoms with Crippen LogP contribution >= 0.6 is 0 Å². The molecule has 2 N–H and O–H groups in total. The highest BCUT2D eigenvalue weighted by atomic mass is 16.3. The lowest BCUT2D eigenvalue weighted by molar-refractivity contribution is -0.124. The standard InChI is InChI=1S/C10H13NO2/c1-2-9(12)10(13)11-8-6-4-3-5-7-8/h3-7,9,12H,2H2,1H3,(H,11,13)/t9-/m0/s1. The molecule has 0 radical (unpaired) electrons. The Labute approximate surface area is 77.4 Å². The molecule has 1 amide bonds. The van der Waals surface area contributed by atoms with Crippen molar-refractivity contribution in [2.45, 2.75) is 19.4 Å². The summed E-state index contributed by atoms with van der Waals surface area (Å²) in [5, 5.41) is 11.8. The van der Waals surface area contributed by atoms with E-state index >= 15 is 0 Å². The molecule has 13 heavy (non-hydrogen) atoms. The van der Waals surface area contributed by atoms with Gasteiger partial charge in [-0.25, -0.2) is 0 Å². The van der Waals surface area contributed by atoms with Crippen LogP contribution in [0.25, 0.3) is 0 Å². The predicted molar refractivity (Wildman–Crippen MR) is 51.4 cm³/mol. The summed E-state index contributed by atoms with van der Waals surface area (Å²) >= 11 is 0. The SMILES string of the molecule is CC[C@H](O)C(=O)Nc1ccccc1. The van der Waals surface area contributed by atoms with E-state index in [0.29, 0.717) is 12.1 Å². The van der Waals surface area contributed by atoms with Gasteiger partial charge in [-0.15, -0.1) is 0 Å². The van der Waals surface area contributed by atoms with Crippen molar-refractivity contribution in [1.82, 2.24) is 0 Å². The summed E-state index contributed by atoms with van der Waals surface area (Å²) in [6.07, 6.45) is -0.487. The molecule has 1 aromatic rings. The number of para-hydroxylation sites is 1. The van der Waals surface area contributed by atoms with E-state index < -0.39 is 6.10 Å². The van der Waals surface area contributed by atoms with Gasteiger partial charge in [-0.3, -0.25) is 4.79 Å². The molecule has 0 aliphatic carbocycles. The summed E-state index contributed by atoms with van der Waals surface area (Å²) in [4.78, 5) is 11.2. The first-order valence-corrected chi connectivity index (χ1v) is 4.28. The van der Waals surface area contributed by atoms with E-state index in [4.69, 9.17) is 0 Å². The number of anilines is 1. The summed E-state index contributed by atoms with van der Waals surface area (Å²) < 4.78 is 0. The molecule has 0 spiro atoms. The van der Waals surface area contributed by atoms with Gasteiger partial charge in [0.2, 0.25) is 0 Å². The van der Waals surface area contributed by atoms with Gasteiger partial charge in [-0.1, -0.05) is 25.1 Å². The maximum Gasteiger partial charge on any atom is 0.253 e. The number of carbonyl (C=O) groups excluding carboxylic acids is 1. The molecule has 1 aromatic carbocycles. The molecule has 70 valence electrons. The van der Waals surface area contributed by atoms with Crippen molar-refractivity contribution in [1.29, 1.82) is 0 Å². The third kappa shape index (κ3) is 2.87. The predicted octanol–water partition coefficient (Wildman–Crippen LogP) is 1.40. The number of carbonyl (C=O) groups is 1.